The van der Waals surface area contributed by atoms with Crippen molar-refractivity contribution in [2.75, 3.05) is 0 Å². The summed E-state index contributed by atoms with van der Waals surface area (Å²) in [6.07, 6.45) is 0. The van der Waals surface area contributed by atoms with Gasteiger partial charge in [-0.15, -0.1) is 12.4 Å². The van der Waals surface area contributed by atoms with E-state index in [9.17, 15) is 0 Å². The fourth-order valence-electron chi connectivity index (χ4n) is 4.71. The Balaban J connectivity index is 0.00000320. The molecule has 5 aromatic rings. The molecule has 5 rings (SSSR count). The summed E-state index contributed by atoms with van der Waals surface area (Å²) in [6.45, 7) is 9.82. The van der Waals surface area contributed by atoms with Gasteiger partial charge in [-0.05, 0) is 83.5 Å². The highest BCUT2D eigenvalue weighted by Gasteiger charge is 2.39. The van der Waals surface area contributed by atoms with Crippen LogP contribution in [0.3, 0.4) is 0 Å². The zero-order valence-corrected chi connectivity index (χ0v) is 26.2. The van der Waals surface area contributed by atoms with Gasteiger partial charge in [0.05, 0.1) is 5.69 Å². The molecule has 3 nitrogen and oxygen atoms in total. The van der Waals surface area contributed by atoms with Crippen molar-refractivity contribution in [2.45, 2.75) is 39.4 Å². The lowest BCUT2D eigenvalue weighted by Crippen LogP contribution is -2.27. The molecular weight excluding hydrogens is 631 g/mol. The second-order valence-electron chi connectivity index (χ2n) is 9.81. The van der Waals surface area contributed by atoms with Crippen molar-refractivity contribution < 1.29 is 4.52 Å². The minimum Gasteiger partial charge on any atom is -0.455 e. The SMILES string of the molecule is CCn1c2ccccc2c2cc(P(=Nc3ccccc3Br)(Oc3ccc(Br)cc3)C(C)(C)C)ccc21.Cl. The van der Waals surface area contributed by atoms with Gasteiger partial charge < -0.3 is 9.09 Å². The molecule has 0 amide bonds. The molecule has 1 heterocycles. The van der Waals surface area contributed by atoms with Crippen LogP contribution in [0.1, 0.15) is 27.7 Å². The highest BCUT2D eigenvalue weighted by Crippen LogP contribution is 2.62. The standard InChI is InChI=1S/C30H29Br2N2OP.ClH/c1-5-34-28-13-9-6-10-24(28)25-20-23(18-19-29(25)34)36(30(2,3)4,33-27-12-8-7-11-26(27)32)35-22-16-14-21(31)15-17-22;/h6-20H,5H2,1-4H3;1H. The van der Waals surface area contributed by atoms with Crippen LogP contribution in [-0.4, -0.2) is 9.72 Å². The van der Waals surface area contributed by atoms with Gasteiger partial charge >= 0.3 is 0 Å². The predicted molar refractivity (Wildman–Crippen MR) is 170 cm³/mol. The maximum atomic E-state index is 7.06. The van der Waals surface area contributed by atoms with E-state index >= 15 is 0 Å². The Morgan fingerprint density at radius 1 is 0.811 bits per heavy atom. The second-order valence-corrected chi connectivity index (χ2v) is 15.0. The van der Waals surface area contributed by atoms with E-state index < -0.39 is 7.28 Å². The molecule has 0 radical (unpaired) electrons. The third-order valence-corrected chi connectivity index (χ3v) is 11.5. The number of rotatable bonds is 5. The number of nitrogens with zero attached hydrogens (tertiary/aromatic N) is 2. The molecule has 0 aliphatic heterocycles. The van der Waals surface area contributed by atoms with Crippen molar-refractivity contribution in [3.05, 3.63) is 99.9 Å². The van der Waals surface area contributed by atoms with Crippen molar-refractivity contribution >= 4 is 84.3 Å². The van der Waals surface area contributed by atoms with Gasteiger partial charge in [-0.2, -0.15) is 0 Å². The number of hydrogen-bond acceptors (Lipinski definition) is 2. The fraction of sp³-hybridized carbons (Fsp3) is 0.200. The zero-order valence-electron chi connectivity index (χ0n) is 21.3. The van der Waals surface area contributed by atoms with Crippen LogP contribution in [0.4, 0.5) is 5.69 Å². The van der Waals surface area contributed by atoms with Crippen LogP contribution in [0.25, 0.3) is 21.8 Å². The first kappa shape index (κ1) is 28.0. The van der Waals surface area contributed by atoms with E-state index in [1.165, 1.54) is 21.8 Å². The van der Waals surface area contributed by atoms with Crippen molar-refractivity contribution in [2.24, 2.45) is 4.74 Å². The molecule has 4 aromatic carbocycles. The maximum Gasteiger partial charge on any atom is 0.173 e. The first-order valence-corrected chi connectivity index (χ1v) is 15.3. The lowest BCUT2D eigenvalue weighted by Gasteiger charge is -2.37. The molecule has 0 saturated carbocycles. The van der Waals surface area contributed by atoms with Crippen LogP contribution in [0.5, 0.6) is 5.75 Å². The Labute approximate surface area is 242 Å². The summed E-state index contributed by atoms with van der Waals surface area (Å²) in [5, 5.41) is 3.35. The van der Waals surface area contributed by atoms with Gasteiger partial charge in [0.25, 0.3) is 0 Å². The summed E-state index contributed by atoms with van der Waals surface area (Å²) < 4.78 is 16.9. The quantitative estimate of drug-likeness (QED) is 0.172. The molecule has 192 valence electrons. The van der Waals surface area contributed by atoms with Gasteiger partial charge in [0.1, 0.15) is 5.75 Å². The van der Waals surface area contributed by atoms with Crippen LogP contribution in [0.15, 0.2) is 105 Å². The third kappa shape index (κ3) is 5.16. The number of para-hydroxylation sites is 1. The van der Waals surface area contributed by atoms with Crippen LogP contribution in [-0.2, 0) is 6.54 Å². The van der Waals surface area contributed by atoms with Gasteiger partial charge in [0.2, 0.25) is 0 Å². The average molecular weight is 661 g/mol. The maximum absolute atomic E-state index is 7.06. The summed E-state index contributed by atoms with van der Waals surface area (Å²) in [5.74, 6) is 0.813. The van der Waals surface area contributed by atoms with Crippen molar-refractivity contribution in [3.8, 4) is 5.75 Å². The molecule has 1 aromatic heterocycles. The number of benzene rings is 4. The van der Waals surface area contributed by atoms with Crippen molar-refractivity contribution in [1.82, 2.24) is 4.57 Å². The number of aromatic nitrogens is 1. The molecule has 0 fully saturated rings. The Hall–Kier alpha value is -2.04. The molecule has 0 aliphatic rings. The second kappa shape index (κ2) is 11.0. The van der Waals surface area contributed by atoms with E-state index in [2.05, 4.69) is 113 Å². The molecule has 7 heteroatoms. The van der Waals surface area contributed by atoms with E-state index in [4.69, 9.17) is 9.27 Å². The first-order valence-electron chi connectivity index (χ1n) is 12.1. The zero-order chi connectivity index (χ0) is 25.5. The fourth-order valence-corrected chi connectivity index (χ4v) is 8.58. The molecule has 1 atom stereocenters. The highest BCUT2D eigenvalue weighted by atomic mass is 79.9. The first-order chi connectivity index (χ1) is 17.2. The van der Waals surface area contributed by atoms with Crippen molar-refractivity contribution in [1.29, 1.82) is 0 Å². The number of hydrogen-bond donors (Lipinski definition) is 0. The van der Waals surface area contributed by atoms with E-state index in [0.717, 1.165) is 32.2 Å². The highest BCUT2D eigenvalue weighted by molar-refractivity contribution is 9.10. The van der Waals surface area contributed by atoms with Crippen LogP contribution in [0, 0.1) is 0 Å². The Morgan fingerprint density at radius 2 is 1.46 bits per heavy atom. The van der Waals surface area contributed by atoms with Crippen LogP contribution in [0.2, 0.25) is 0 Å². The Morgan fingerprint density at radius 3 is 2.14 bits per heavy atom. The van der Waals surface area contributed by atoms with Crippen molar-refractivity contribution in [3.63, 3.8) is 0 Å². The predicted octanol–water partition coefficient (Wildman–Crippen LogP) is 10.7. The molecule has 0 saturated heterocycles. The molecule has 1 unspecified atom stereocenters. The molecule has 0 N–H and O–H groups in total. The molecular formula is C30H30Br2ClN2OP. The Bertz CT molecular complexity index is 1620. The van der Waals surface area contributed by atoms with Crippen LogP contribution < -0.4 is 9.83 Å². The summed E-state index contributed by atoms with van der Waals surface area (Å²) in [6, 6.07) is 31.6. The van der Waals surface area contributed by atoms with E-state index in [1.54, 1.807) is 0 Å². The largest absolute Gasteiger partial charge is 0.455 e. The van der Waals surface area contributed by atoms with Gasteiger partial charge in [0.15, 0.2) is 7.28 Å². The number of aryl methyl sites for hydroxylation is 1. The van der Waals surface area contributed by atoms with E-state index in [1.807, 2.05) is 42.5 Å². The van der Waals surface area contributed by atoms with Gasteiger partial charge in [0, 0.05) is 47.8 Å². The average Bonchev–Trinajstić information content (AvgIpc) is 3.18. The monoisotopic (exact) mass is 658 g/mol. The molecule has 0 spiro atoms. The molecule has 0 bridgehead atoms. The smallest absolute Gasteiger partial charge is 0.173 e. The Kier molecular flexibility index (Phi) is 8.30. The van der Waals surface area contributed by atoms with Gasteiger partial charge in [-0.25, -0.2) is 4.74 Å². The third-order valence-electron chi connectivity index (χ3n) is 6.48. The molecule has 37 heavy (non-hydrogen) atoms. The minimum absolute atomic E-state index is 0. The number of halogens is 3. The summed E-state index contributed by atoms with van der Waals surface area (Å²) in [7, 11) is -2.63. The van der Waals surface area contributed by atoms with Gasteiger partial charge in [-0.3, -0.25) is 0 Å². The van der Waals surface area contributed by atoms with E-state index in [0.29, 0.717) is 0 Å². The van der Waals surface area contributed by atoms with E-state index in [-0.39, 0.29) is 17.6 Å². The topological polar surface area (TPSA) is 26.5 Å². The summed E-state index contributed by atoms with van der Waals surface area (Å²) in [5.41, 5.74) is 3.39. The minimum atomic E-state index is -2.63. The lowest BCUT2D eigenvalue weighted by atomic mass is 10.1. The van der Waals surface area contributed by atoms with Crippen LogP contribution >= 0.6 is 51.5 Å². The summed E-state index contributed by atoms with van der Waals surface area (Å²) >= 11 is 7.28. The van der Waals surface area contributed by atoms with Gasteiger partial charge in [-0.1, -0.05) is 67.0 Å². The summed E-state index contributed by atoms with van der Waals surface area (Å²) in [4.78, 5) is 0. The normalized spacial score (nSPS) is 13.2. The number of fused-ring (bicyclic) bond motifs is 3. The lowest BCUT2D eigenvalue weighted by molar-refractivity contribution is 0.571. The molecule has 0 aliphatic carbocycles.